The van der Waals surface area contributed by atoms with Gasteiger partial charge in [-0.05, 0) is 51.5 Å². The van der Waals surface area contributed by atoms with Gasteiger partial charge in [-0.15, -0.1) is 0 Å². The predicted molar refractivity (Wildman–Crippen MR) is 108 cm³/mol. The van der Waals surface area contributed by atoms with Crippen LogP contribution in [0, 0.1) is 17.8 Å². The maximum atomic E-state index is 12.0. The molecule has 0 amide bonds. The Balaban J connectivity index is 2.54. The van der Waals surface area contributed by atoms with Crippen LogP contribution in [-0.2, 0) is 19.1 Å². The van der Waals surface area contributed by atoms with Crippen LogP contribution in [0.5, 0.6) is 0 Å². The van der Waals surface area contributed by atoms with Gasteiger partial charge in [-0.2, -0.15) is 0 Å². The third kappa shape index (κ3) is 7.10. The molecule has 1 aliphatic rings. The summed E-state index contributed by atoms with van der Waals surface area (Å²) < 4.78 is 5.56. The van der Waals surface area contributed by atoms with Crippen molar-refractivity contribution in [2.24, 2.45) is 17.8 Å². The molecule has 1 fully saturated rings. The van der Waals surface area contributed by atoms with E-state index in [9.17, 15) is 29.7 Å². The van der Waals surface area contributed by atoms with Crippen LogP contribution in [0.2, 0.25) is 0 Å². The van der Waals surface area contributed by atoms with E-state index < -0.39 is 30.3 Å². The highest BCUT2D eigenvalue weighted by molar-refractivity contribution is 5.99. The second-order valence-electron chi connectivity index (χ2n) is 8.35. The van der Waals surface area contributed by atoms with E-state index in [1.165, 1.54) is 20.8 Å². The molecule has 3 N–H and O–H groups in total. The minimum Gasteiger partial charge on any atom is -0.394 e. The van der Waals surface area contributed by atoms with Crippen LogP contribution in [-0.4, -0.2) is 63.7 Å². The lowest BCUT2D eigenvalue weighted by Crippen LogP contribution is -2.35. The number of rotatable bonds is 13. The summed E-state index contributed by atoms with van der Waals surface area (Å²) in [5.41, 5.74) is 0.252. The Hall–Kier alpha value is -1.41. The summed E-state index contributed by atoms with van der Waals surface area (Å²) in [5.74, 6) is -1.36. The van der Waals surface area contributed by atoms with Crippen molar-refractivity contribution in [1.82, 2.24) is 0 Å². The van der Waals surface area contributed by atoms with Gasteiger partial charge in [-0.1, -0.05) is 26.3 Å². The van der Waals surface area contributed by atoms with E-state index >= 15 is 0 Å². The number of hydrogen-bond donors (Lipinski definition) is 3. The average Bonchev–Trinajstić information content (AvgIpc) is 2.94. The van der Waals surface area contributed by atoms with Crippen molar-refractivity contribution in [1.29, 1.82) is 0 Å². The Kier molecular flexibility index (Phi) is 10.3. The van der Waals surface area contributed by atoms with Crippen molar-refractivity contribution in [3.8, 4) is 0 Å². The zero-order chi connectivity index (χ0) is 22.3. The Morgan fingerprint density at radius 3 is 2.03 bits per heavy atom. The van der Waals surface area contributed by atoms with Gasteiger partial charge in [-0.3, -0.25) is 14.4 Å². The first kappa shape index (κ1) is 25.6. The molecule has 0 bridgehead atoms. The summed E-state index contributed by atoms with van der Waals surface area (Å²) in [6.45, 7) is 9.59. The summed E-state index contributed by atoms with van der Waals surface area (Å²) in [4.78, 5) is 35.6. The van der Waals surface area contributed by atoms with Crippen molar-refractivity contribution in [3.05, 3.63) is 12.2 Å². The summed E-state index contributed by atoms with van der Waals surface area (Å²) in [7, 11) is 0. The van der Waals surface area contributed by atoms with Gasteiger partial charge in [0.1, 0.15) is 29.9 Å². The van der Waals surface area contributed by atoms with Crippen LogP contribution in [0.1, 0.15) is 59.8 Å². The van der Waals surface area contributed by atoms with E-state index in [1.54, 1.807) is 0 Å². The molecule has 0 saturated carbocycles. The first-order chi connectivity index (χ1) is 13.5. The molecule has 0 aromatic heterocycles. The number of hydrogen-bond acceptors (Lipinski definition) is 7. The number of unbranched alkanes of at least 4 members (excludes halogenated alkanes) is 1. The molecule has 0 aromatic carbocycles. The van der Waals surface area contributed by atoms with Crippen molar-refractivity contribution < 1.29 is 34.4 Å². The molecular weight excluding hydrogens is 376 g/mol. The van der Waals surface area contributed by atoms with Gasteiger partial charge in [0.2, 0.25) is 0 Å². The summed E-state index contributed by atoms with van der Waals surface area (Å²) in [6, 6.07) is 0. The third-order valence-corrected chi connectivity index (χ3v) is 6.06. The van der Waals surface area contributed by atoms with E-state index in [1.807, 2.05) is 6.92 Å². The largest absolute Gasteiger partial charge is 0.394 e. The smallest absolute Gasteiger partial charge is 0.155 e. The molecule has 1 rings (SSSR count). The topological polar surface area (TPSA) is 121 Å². The molecule has 0 aromatic rings. The van der Waals surface area contributed by atoms with Crippen LogP contribution in [0.15, 0.2) is 12.2 Å². The zero-order valence-electron chi connectivity index (χ0n) is 18.0. The third-order valence-electron chi connectivity index (χ3n) is 6.06. The van der Waals surface area contributed by atoms with E-state index in [0.717, 1.165) is 19.3 Å². The Morgan fingerprint density at radius 2 is 1.59 bits per heavy atom. The van der Waals surface area contributed by atoms with Crippen LogP contribution < -0.4 is 0 Å². The minimum atomic E-state index is -1.09. The molecular formula is C22H36O7. The molecule has 7 atom stereocenters. The molecule has 1 saturated heterocycles. The van der Waals surface area contributed by atoms with Gasteiger partial charge in [0.15, 0.2) is 5.78 Å². The van der Waals surface area contributed by atoms with Gasteiger partial charge >= 0.3 is 0 Å². The molecule has 29 heavy (non-hydrogen) atoms. The minimum absolute atomic E-state index is 0.0101. The van der Waals surface area contributed by atoms with Crippen molar-refractivity contribution in [3.63, 3.8) is 0 Å². The molecule has 3 unspecified atom stereocenters. The van der Waals surface area contributed by atoms with Crippen LogP contribution in [0.25, 0.3) is 0 Å². The molecule has 1 aliphatic heterocycles. The average molecular weight is 413 g/mol. The Bertz CT molecular complexity index is 600. The van der Waals surface area contributed by atoms with Gasteiger partial charge in [0.05, 0.1) is 12.7 Å². The normalized spacial score (nSPS) is 27.3. The zero-order valence-corrected chi connectivity index (χ0v) is 18.0. The van der Waals surface area contributed by atoms with Crippen molar-refractivity contribution in [2.75, 3.05) is 6.61 Å². The first-order valence-corrected chi connectivity index (χ1v) is 10.3. The van der Waals surface area contributed by atoms with Gasteiger partial charge in [-0.25, -0.2) is 0 Å². The molecule has 7 nitrogen and oxygen atoms in total. The van der Waals surface area contributed by atoms with E-state index in [4.69, 9.17) is 4.74 Å². The highest BCUT2D eigenvalue weighted by Crippen LogP contribution is 2.30. The molecule has 7 heteroatoms. The lowest BCUT2D eigenvalue weighted by Gasteiger charge is -2.23. The first-order valence-electron chi connectivity index (χ1n) is 10.3. The van der Waals surface area contributed by atoms with Crippen LogP contribution >= 0.6 is 0 Å². The lowest BCUT2D eigenvalue weighted by atomic mass is 9.81. The maximum absolute atomic E-state index is 12.0. The van der Waals surface area contributed by atoms with E-state index in [0.29, 0.717) is 12.8 Å². The number of ether oxygens (including phenoxy) is 1. The number of carbonyl (C=O) groups excluding carboxylic acids is 3. The predicted octanol–water partition coefficient (Wildman–Crippen LogP) is 1.61. The standard InChI is InChI=1S/C22H36O7/c1-12(22-21(28)20(27)19(11-23)29-22)8-6-7-9-17(15(4)25)10-18(16(5)26)13(2)14(3)24/h12,17-23,27-28H,2,6-11H2,1,3-5H3/t12?,17?,18?,19-,20-,21+,22+/m1/s1. The van der Waals surface area contributed by atoms with Crippen LogP contribution in [0.3, 0.4) is 0 Å². The fourth-order valence-electron chi connectivity index (χ4n) is 3.99. The SMILES string of the molecule is C=C(C(C)=O)C(CC(CCCCC(C)[C@@H]1O[C@H](CO)[C@@H](O)[C@@H]1O)C(C)=O)C(C)=O. The number of carbonyl (C=O) groups is 3. The summed E-state index contributed by atoms with van der Waals surface area (Å²) in [6.07, 6.45) is -0.248. The van der Waals surface area contributed by atoms with Crippen LogP contribution in [0.4, 0.5) is 0 Å². The highest BCUT2D eigenvalue weighted by Gasteiger charge is 2.44. The highest BCUT2D eigenvalue weighted by atomic mass is 16.6. The number of aliphatic hydroxyl groups is 3. The number of Topliss-reactive ketones (excluding diaryl/α,β-unsaturated/α-hetero) is 3. The summed E-state index contributed by atoms with van der Waals surface area (Å²) >= 11 is 0. The molecule has 0 aliphatic carbocycles. The van der Waals surface area contributed by atoms with Crippen molar-refractivity contribution >= 4 is 17.3 Å². The molecule has 166 valence electrons. The van der Waals surface area contributed by atoms with Crippen molar-refractivity contribution in [2.45, 2.75) is 84.2 Å². The second kappa shape index (κ2) is 11.7. The van der Waals surface area contributed by atoms with Gasteiger partial charge < -0.3 is 20.1 Å². The monoisotopic (exact) mass is 412 g/mol. The summed E-state index contributed by atoms with van der Waals surface area (Å²) in [5, 5.41) is 29.1. The Morgan fingerprint density at radius 1 is 1.00 bits per heavy atom. The number of allylic oxidation sites excluding steroid dienone is 1. The number of ketones is 3. The molecule has 1 heterocycles. The lowest BCUT2D eigenvalue weighted by molar-refractivity contribution is -0.125. The fraction of sp³-hybridized carbons (Fsp3) is 0.773. The number of aliphatic hydroxyl groups excluding tert-OH is 3. The maximum Gasteiger partial charge on any atom is 0.155 e. The molecule has 0 spiro atoms. The van der Waals surface area contributed by atoms with Gasteiger partial charge in [0.25, 0.3) is 0 Å². The second-order valence-corrected chi connectivity index (χ2v) is 8.35. The van der Waals surface area contributed by atoms with E-state index in [-0.39, 0.29) is 41.4 Å². The fourth-order valence-corrected chi connectivity index (χ4v) is 3.99. The van der Waals surface area contributed by atoms with E-state index in [2.05, 4.69) is 6.58 Å². The van der Waals surface area contributed by atoms with Gasteiger partial charge in [0, 0.05) is 11.8 Å². The molecule has 0 radical (unpaired) electrons. The quantitative estimate of drug-likeness (QED) is 0.310. The Labute approximate surface area is 173 Å².